The van der Waals surface area contributed by atoms with E-state index < -0.39 is 5.97 Å². The lowest BCUT2D eigenvalue weighted by molar-refractivity contribution is -0.136. The zero-order valence-electron chi connectivity index (χ0n) is 9.64. The van der Waals surface area contributed by atoms with Crippen molar-refractivity contribution >= 4 is 16.7 Å². The summed E-state index contributed by atoms with van der Waals surface area (Å²) in [5, 5.41) is 10.8. The molecule has 0 saturated heterocycles. The Labute approximate surface area is 99.6 Å². The van der Waals surface area contributed by atoms with Crippen molar-refractivity contribution in [2.24, 2.45) is 0 Å². The molecule has 17 heavy (non-hydrogen) atoms. The highest BCUT2D eigenvalue weighted by Crippen LogP contribution is 2.24. The van der Waals surface area contributed by atoms with Crippen molar-refractivity contribution in [1.82, 2.24) is 0 Å². The van der Waals surface area contributed by atoms with Gasteiger partial charge in [0, 0.05) is 0 Å². The number of carboxylic acids is 1. The fourth-order valence-corrected chi connectivity index (χ4v) is 1.89. The summed E-state index contributed by atoms with van der Waals surface area (Å²) < 4.78 is 5.43. The third-order valence-electron chi connectivity index (χ3n) is 2.60. The molecule has 0 atom stereocenters. The zero-order valence-corrected chi connectivity index (χ0v) is 9.64. The summed E-state index contributed by atoms with van der Waals surface area (Å²) >= 11 is 0. The molecule has 0 radical (unpaired) electrons. The van der Waals surface area contributed by atoms with Crippen LogP contribution in [-0.4, -0.2) is 17.7 Å². The second-order valence-corrected chi connectivity index (χ2v) is 3.80. The molecule has 0 aliphatic heterocycles. The lowest BCUT2D eigenvalue weighted by atomic mass is 10.0. The van der Waals surface area contributed by atoms with Crippen LogP contribution in [0.2, 0.25) is 0 Å². The number of hydrogen-bond donors (Lipinski definition) is 1. The summed E-state index contributed by atoms with van der Waals surface area (Å²) in [7, 11) is 0. The van der Waals surface area contributed by atoms with E-state index in [1.807, 2.05) is 43.3 Å². The lowest BCUT2D eigenvalue weighted by Gasteiger charge is -2.07. The van der Waals surface area contributed by atoms with Crippen LogP contribution in [0.15, 0.2) is 36.4 Å². The summed E-state index contributed by atoms with van der Waals surface area (Å²) in [4.78, 5) is 10.8. The van der Waals surface area contributed by atoms with E-state index in [2.05, 4.69) is 0 Å². The van der Waals surface area contributed by atoms with E-state index in [0.29, 0.717) is 6.61 Å². The monoisotopic (exact) mass is 230 g/mol. The molecule has 0 amide bonds. The maximum atomic E-state index is 10.8. The number of rotatable bonds is 4. The molecule has 3 heteroatoms. The second-order valence-electron chi connectivity index (χ2n) is 3.80. The standard InChI is InChI=1S/C14H14O3/c1-2-17-12-7-6-10-4-3-5-11(8-14(15)16)13(10)9-12/h3-7,9H,2,8H2,1H3,(H,15,16). The number of hydrogen-bond acceptors (Lipinski definition) is 2. The van der Waals surface area contributed by atoms with Crippen LogP contribution in [0.4, 0.5) is 0 Å². The highest BCUT2D eigenvalue weighted by molar-refractivity contribution is 5.89. The largest absolute Gasteiger partial charge is 0.494 e. The smallest absolute Gasteiger partial charge is 0.307 e. The average molecular weight is 230 g/mol. The molecule has 2 aromatic carbocycles. The Bertz CT molecular complexity index is 546. The van der Waals surface area contributed by atoms with Crippen molar-refractivity contribution < 1.29 is 14.6 Å². The minimum absolute atomic E-state index is 0.0346. The molecular weight excluding hydrogens is 216 g/mol. The number of fused-ring (bicyclic) bond motifs is 1. The van der Waals surface area contributed by atoms with Gasteiger partial charge in [-0.15, -0.1) is 0 Å². The lowest BCUT2D eigenvalue weighted by Crippen LogP contribution is -2.00. The maximum Gasteiger partial charge on any atom is 0.307 e. The van der Waals surface area contributed by atoms with E-state index in [-0.39, 0.29) is 6.42 Å². The van der Waals surface area contributed by atoms with Crippen molar-refractivity contribution in [3.8, 4) is 5.75 Å². The van der Waals surface area contributed by atoms with Crippen LogP contribution in [-0.2, 0) is 11.2 Å². The predicted octanol–water partition coefficient (Wildman–Crippen LogP) is 2.87. The summed E-state index contributed by atoms with van der Waals surface area (Å²) in [5.41, 5.74) is 0.816. The molecule has 2 aromatic rings. The molecular formula is C14H14O3. The van der Waals surface area contributed by atoms with Crippen LogP contribution >= 0.6 is 0 Å². The third kappa shape index (κ3) is 2.56. The van der Waals surface area contributed by atoms with Gasteiger partial charge >= 0.3 is 5.97 Å². The highest BCUT2D eigenvalue weighted by Gasteiger charge is 2.06. The molecule has 0 aliphatic rings. The molecule has 2 rings (SSSR count). The molecule has 0 spiro atoms. The van der Waals surface area contributed by atoms with Gasteiger partial charge in [0.25, 0.3) is 0 Å². The third-order valence-corrected chi connectivity index (χ3v) is 2.60. The molecule has 0 bridgehead atoms. The van der Waals surface area contributed by atoms with Gasteiger partial charge in [-0.3, -0.25) is 4.79 Å². The Morgan fingerprint density at radius 2 is 2.12 bits per heavy atom. The number of carboxylic acid groups (broad SMARTS) is 1. The van der Waals surface area contributed by atoms with Crippen LogP contribution in [0.25, 0.3) is 10.8 Å². The number of aliphatic carboxylic acids is 1. The van der Waals surface area contributed by atoms with Crippen molar-refractivity contribution in [2.45, 2.75) is 13.3 Å². The molecule has 0 aromatic heterocycles. The first-order valence-electron chi connectivity index (χ1n) is 5.57. The molecule has 0 heterocycles. The van der Waals surface area contributed by atoms with Crippen LogP contribution in [0, 0.1) is 0 Å². The van der Waals surface area contributed by atoms with Crippen LogP contribution < -0.4 is 4.74 Å². The van der Waals surface area contributed by atoms with Gasteiger partial charge in [-0.25, -0.2) is 0 Å². The average Bonchev–Trinajstić information content (AvgIpc) is 2.29. The summed E-state index contributed by atoms with van der Waals surface area (Å²) in [6.07, 6.45) is 0.0346. The number of ether oxygens (including phenoxy) is 1. The van der Waals surface area contributed by atoms with Gasteiger partial charge in [0.1, 0.15) is 5.75 Å². The van der Waals surface area contributed by atoms with Crippen molar-refractivity contribution in [3.05, 3.63) is 42.0 Å². The Balaban J connectivity index is 2.51. The quantitative estimate of drug-likeness (QED) is 0.878. The van der Waals surface area contributed by atoms with Gasteiger partial charge in [0.05, 0.1) is 13.0 Å². The first kappa shape index (κ1) is 11.5. The van der Waals surface area contributed by atoms with Crippen molar-refractivity contribution in [3.63, 3.8) is 0 Å². The first-order valence-corrected chi connectivity index (χ1v) is 5.57. The Morgan fingerprint density at radius 1 is 1.29 bits per heavy atom. The van der Waals surface area contributed by atoms with Gasteiger partial charge in [0.2, 0.25) is 0 Å². The van der Waals surface area contributed by atoms with E-state index in [0.717, 1.165) is 22.1 Å². The fraction of sp³-hybridized carbons (Fsp3) is 0.214. The summed E-state index contributed by atoms with van der Waals surface area (Å²) in [5.74, 6) is -0.0443. The van der Waals surface area contributed by atoms with Crippen LogP contribution in [0.1, 0.15) is 12.5 Å². The van der Waals surface area contributed by atoms with E-state index >= 15 is 0 Å². The second kappa shape index (κ2) is 4.87. The van der Waals surface area contributed by atoms with Gasteiger partial charge in [-0.05, 0) is 35.4 Å². The Morgan fingerprint density at radius 3 is 2.82 bits per heavy atom. The fourth-order valence-electron chi connectivity index (χ4n) is 1.89. The molecule has 0 aliphatic carbocycles. The highest BCUT2D eigenvalue weighted by atomic mass is 16.5. The Kier molecular flexibility index (Phi) is 3.28. The molecule has 0 unspecified atom stereocenters. The summed E-state index contributed by atoms with van der Waals surface area (Å²) in [6, 6.07) is 11.4. The van der Waals surface area contributed by atoms with E-state index in [9.17, 15) is 4.79 Å². The molecule has 88 valence electrons. The van der Waals surface area contributed by atoms with E-state index in [4.69, 9.17) is 9.84 Å². The first-order chi connectivity index (χ1) is 8.20. The van der Waals surface area contributed by atoms with E-state index in [1.54, 1.807) is 0 Å². The number of carbonyl (C=O) groups is 1. The zero-order chi connectivity index (χ0) is 12.3. The normalized spacial score (nSPS) is 10.4. The predicted molar refractivity (Wildman–Crippen MR) is 66.5 cm³/mol. The topological polar surface area (TPSA) is 46.5 Å². The van der Waals surface area contributed by atoms with Crippen LogP contribution in [0.3, 0.4) is 0 Å². The van der Waals surface area contributed by atoms with Gasteiger partial charge < -0.3 is 9.84 Å². The SMILES string of the molecule is CCOc1ccc2cccc(CC(=O)O)c2c1. The minimum Gasteiger partial charge on any atom is -0.494 e. The van der Waals surface area contributed by atoms with Gasteiger partial charge in [0.15, 0.2) is 0 Å². The molecule has 0 saturated carbocycles. The molecule has 1 N–H and O–H groups in total. The maximum absolute atomic E-state index is 10.8. The summed E-state index contributed by atoms with van der Waals surface area (Å²) in [6.45, 7) is 2.53. The van der Waals surface area contributed by atoms with Crippen molar-refractivity contribution in [1.29, 1.82) is 0 Å². The number of benzene rings is 2. The van der Waals surface area contributed by atoms with E-state index in [1.165, 1.54) is 0 Å². The molecule has 0 fully saturated rings. The van der Waals surface area contributed by atoms with Gasteiger partial charge in [-0.1, -0.05) is 24.3 Å². The van der Waals surface area contributed by atoms with Crippen LogP contribution in [0.5, 0.6) is 5.75 Å². The Hall–Kier alpha value is -2.03. The minimum atomic E-state index is -0.820. The molecule has 3 nitrogen and oxygen atoms in total. The van der Waals surface area contributed by atoms with Crippen molar-refractivity contribution in [2.75, 3.05) is 6.61 Å². The van der Waals surface area contributed by atoms with Gasteiger partial charge in [-0.2, -0.15) is 0 Å².